The zero-order valence-corrected chi connectivity index (χ0v) is 32.3. The van der Waals surface area contributed by atoms with E-state index in [1.54, 1.807) is 15.5 Å². The maximum atomic E-state index is 12.5. The van der Waals surface area contributed by atoms with Crippen molar-refractivity contribution in [3.8, 4) is 23.8 Å². The van der Waals surface area contributed by atoms with Crippen LogP contribution in [0.25, 0.3) is 5.69 Å². The van der Waals surface area contributed by atoms with Crippen LogP contribution in [0.3, 0.4) is 0 Å². The van der Waals surface area contributed by atoms with Gasteiger partial charge >= 0.3 is 11.7 Å². The van der Waals surface area contributed by atoms with E-state index in [2.05, 4.69) is 17.9 Å². The van der Waals surface area contributed by atoms with E-state index >= 15 is 0 Å². The lowest BCUT2D eigenvalue weighted by Crippen LogP contribution is -2.35. The molecule has 0 saturated heterocycles. The summed E-state index contributed by atoms with van der Waals surface area (Å²) in [5, 5.41) is 13.3. The number of aryl methyl sites for hydroxylation is 3. The number of carbonyl (C=O) groups is 2. The van der Waals surface area contributed by atoms with Crippen molar-refractivity contribution in [2.24, 2.45) is 5.73 Å². The number of para-hydroxylation sites is 1. The normalized spacial score (nSPS) is 13.6. The minimum Gasteiger partial charge on any atom is -0.480 e. The molecule has 1 aliphatic rings. The van der Waals surface area contributed by atoms with Crippen molar-refractivity contribution in [3.63, 3.8) is 0 Å². The minimum absolute atomic E-state index is 0.0371. The summed E-state index contributed by atoms with van der Waals surface area (Å²) in [6.07, 6.45) is 8.84. The Balaban J connectivity index is 0.000000281. The number of nitrogens with zero attached hydrogens (tertiary/aromatic N) is 4. The van der Waals surface area contributed by atoms with Crippen LogP contribution in [0.1, 0.15) is 50.1 Å². The van der Waals surface area contributed by atoms with Crippen molar-refractivity contribution in [2.45, 2.75) is 65.5 Å². The number of nitrogens with two attached hydrogens (primary N) is 1. The average Bonchev–Trinajstić information content (AvgIpc) is 3.43. The monoisotopic (exact) mass is 787 g/mol. The number of benzene rings is 2. The molecule has 1 amide bonds. The van der Waals surface area contributed by atoms with E-state index in [1.165, 1.54) is 17.4 Å². The molecule has 1 aromatic heterocycles. The number of aromatic nitrogens is 3. The van der Waals surface area contributed by atoms with Gasteiger partial charge in [-0.05, 0) is 56.7 Å². The Labute approximate surface area is 313 Å². The van der Waals surface area contributed by atoms with Crippen LogP contribution in [0.5, 0.6) is 5.75 Å². The fourth-order valence-electron chi connectivity index (χ4n) is 4.88. The molecule has 17 heteroatoms. The third kappa shape index (κ3) is 13.3. The first-order chi connectivity index (χ1) is 24.1. The average molecular weight is 789 g/mol. The van der Waals surface area contributed by atoms with E-state index in [-0.39, 0.29) is 43.4 Å². The lowest BCUT2D eigenvalue weighted by atomic mass is 10.0. The fraction of sp³-hybridized carbons (Fsp3) is 0.471. The van der Waals surface area contributed by atoms with Crippen molar-refractivity contribution in [2.75, 3.05) is 43.6 Å². The Bertz CT molecular complexity index is 1790. The number of amides is 1. The summed E-state index contributed by atoms with van der Waals surface area (Å²) in [5.74, 6) is 2.20. The maximum absolute atomic E-state index is 12.5. The largest absolute Gasteiger partial charge is 0.480 e. The first-order valence-corrected chi connectivity index (χ1v) is 19.7. The lowest BCUT2D eigenvalue weighted by Gasteiger charge is -2.25. The zero-order valence-electron chi connectivity index (χ0n) is 29.1. The highest BCUT2D eigenvalue weighted by Gasteiger charge is 2.21. The van der Waals surface area contributed by atoms with Crippen LogP contribution in [-0.2, 0) is 38.3 Å². The van der Waals surface area contributed by atoms with Crippen LogP contribution in [-0.4, -0.2) is 80.9 Å². The summed E-state index contributed by atoms with van der Waals surface area (Å²) < 4.78 is 24.4. The smallest absolute Gasteiger partial charge is 0.350 e. The number of carboxylic acids is 1. The lowest BCUT2D eigenvalue weighted by molar-refractivity contribution is -0.138. The molecule has 51 heavy (non-hydrogen) atoms. The molecule has 280 valence electrons. The van der Waals surface area contributed by atoms with Gasteiger partial charge in [0.05, 0.1) is 21.4 Å². The quantitative estimate of drug-likeness (QED) is 0.0867. The van der Waals surface area contributed by atoms with Crippen molar-refractivity contribution in [1.29, 1.82) is 0 Å². The molecule has 2 atom stereocenters. The second kappa shape index (κ2) is 21.2. The van der Waals surface area contributed by atoms with Gasteiger partial charge in [-0.1, -0.05) is 54.2 Å². The number of aliphatic carboxylic acids is 1. The highest BCUT2D eigenvalue weighted by molar-refractivity contribution is 7.57. The Morgan fingerprint density at radius 2 is 1.92 bits per heavy atom. The van der Waals surface area contributed by atoms with Gasteiger partial charge in [0.15, 0.2) is 7.37 Å². The molecule has 13 nitrogen and oxygen atoms in total. The summed E-state index contributed by atoms with van der Waals surface area (Å²) in [6, 6.07) is 8.10. The predicted molar refractivity (Wildman–Crippen MR) is 201 cm³/mol. The molecule has 3 aromatic rings. The SMILES string of the molecule is C#CCOc1cc(-n2nc3n(c2=O)CCCC3)c(Cl)cc1Cl.CCOCN(C(=O)CCl)c1c(C)cccc1CC.CP(=O)(O)CCC(N)C(=O)O. The molecule has 0 spiro atoms. The molecular formula is C34H45Cl3N5O8P. The Hall–Kier alpha value is -3.34. The van der Waals surface area contributed by atoms with E-state index in [1.807, 2.05) is 32.0 Å². The molecule has 0 saturated carbocycles. The van der Waals surface area contributed by atoms with Crippen LogP contribution in [0.15, 0.2) is 35.1 Å². The number of hydrogen-bond acceptors (Lipinski definition) is 8. The van der Waals surface area contributed by atoms with Crippen LogP contribution in [0.2, 0.25) is 10.0 Å². The first kappa shape index (κ1) is 43.8. The number of halogens is 3. The van der Waals surface area contributed by atoms with Crippen molar-refractivity contribution in [3.05, 3.63) is 67.8 Å². The highest BCUT2D eigenvalue weighted by atomic mass is 35.5. The number of anilines is 1. The number of rotatable bonds is 13. The predicted octanol–water partition coefficient (Wildman–Crippen LogP) is 5.50. The summed E-state index contributed by atoms with van der Waals surface area (Å²) in [7, 11) is -3.10. The van der Waals surface area contributed by atoms with E-state index in [9.17, 15) is 18.9 Å². The molecule has 0 radical (unpaired) electrons. The molecule has 4 rings (SSSR count). The van der Waals surface area contributed by atoms with Crippen LogP contribution in [0.4, 0.5) is 5.69 Å². The van der Waals surface area contributed by atoms with Gasteiger partial charge in [0.2, 0.25) is 5.91 Å². The number of alkyl halides is 1. The number of carboxylic acid groups (broad SMARTS) is 1. The summed E-state index contributed by atoms with van der Waals surface area (Å²) in [6.45, 7) is 8.73. The highest BCUT2D eigenvalue weighted by Crippen LogP contribution is 2.36. The minimum atomic E-state index is -3.10. The fourth-order valence-corrected chi connectivity index (χ4v) is 6.30. The molecular weight excluding hydrogens is 744 g/mol. The number of carbonyl (C=O) groups excluding carboxylic acids is 1. The molecule has 1 aliphatic heterocycles. The molecule has 0 bridgehead atoms. The third-order valence-electron chi connectivity index (χ3n) is 7.50. The van der Waals surface area contributed by atoms with Crippen LogP contribution >= 0.6 is 42.2 Å². The standard InChI is InChI=1S/C15H13Cl2N3O2.C14H20ClNO2.C5H12NO4P/c1-2-7-22-13-9-12(10(16)8-11(13)17)20-15(21)19-6-4-3-5-14(19)18-20;1-4-12-8-6-7-11(3)14(12)16(10-18-5-2)13(17)9-15;1-11(9,10)3-2-4(6)5(7)8/h1,8-9H,3-7H2;6-8H,4-5,9-10H2,1-3H3;4H,2-3,6H2,1H3,(H,7,8)(H,9,10). The second-order valence-electron chi connectivity index (χ2n) is 11.5. The van der Waals surface area contributed by atoms with Gasteiger partial charge in [0.25, 0.3) is 0 Å². The molecule has 4 N–H and O–H groups in total. The van der Waals surface area contributed by atoms with Gasteiger partial charge in [-0.2, -0.15) is 4.68 Å². The molecule has 0 aliphatic carbocycles. The molecule has 2 heterocycles. The topological polar surface area (TPSA) is 179 Å². The Kier molecular flexibility index (Phi) is 18.3. The Morgan fingerprint density at radius 3 is 2.49 bits per heavy atom. The summed E-state index contributed by atoms with van der Waals surface area (Å²) >= 11 is 18.0. The van der Waals surface area contributed by atoms with Crippen LogP contribution < -0.4 is 21.1 Å². The molecule has 2 unspecified atom stereocenters. The van der Waals surface area contributed by atoms with Crippen molar-refractivity contribution >= 4 is 59.7 Å². The zero-order chi connectivity index (χ0) is 38.3. The molecule has 2 aromatic carbocycles. The van der Waals surface area contributed by atoms with E-state index in [0.29, 0.717) is 34.6 Å². The van der Waals surface area contributed by atoms with Gasteiger partial charge in [-0.25, -0.2) is 4.79 Å². The number of hydrogen-bond donors (Lipinski definition) is 3. The second-order valence-corrected chi connectivity index (χ2v) is 15.1. The number of terminal acetylenes is 1. The van der Waals surface area contributed by atoms with Gasteiger partial charge in [-0.3, -0.25) is 23.6 Å². The molecule has 0 fully saturated rings. The van der Waals surface area contributed by atoms with Crippen LogP contribution in [0, 0.1) is 19.3 Å². The Morgan fingerprint density at radius 1 is 1.22 bits per heavy atom. The summed E-state index contributed by atoms with van der Waals surface area (Å²) in [4.78, 5) is 44.9. The first-order valence-electron chi connectivity index (χ1n) is 16.1. The van der Waals surface area contributed by atoms with Gasteiger partial charge in [0, 0.05) is 38.5 Å². The number of ether oxygens (including phenoxy) is 2. The van der Waals surface area contributed by atoms with Crippen molar-refractivity contribution < 1.29 is 33.6 Å². The van der Waals surface area contributed by atoms with Gasteiger partial charge < -0.3 is 25.2 Å². The summed E-state index contributed by atoms with van der Waals surface area (Å²) in [5.41, 5.74) is 8.45. The van der Waals surface area contributed by atoms with Gasteiger partial charge in [-0.15, -0.1) is 23.1 Å². The van der Waals surface area contributed by atoms with E-state index in [4.69, 9.17) is 66.4 Å². The maximum Gasteiger partial charge on any atom is 0.350 e. The number of fused-ring (bicyclic) bond motifs is 1. The van der Waals surface area contributed by atoms with E-state index in [0.717, 1.165) is 48.3 Å². The van der Waals surface area contributed by atoms with Crippen molar-refractivity contribution in [1.82, 2.24) is 14.3 Å². The third-order valence-corrected chi connectivity index (χ3v) is 9.41. The van der Waals surface area contributed by atoms with Gasteiger partial charge in [0.1, 0.15) is 36.8 Å². The van der Waals surface area contributed by atoms with E-state index < -0.39 is 19.4 Å².